The van der Waals surface area contributed by atoms with Crippen molar-refractivity contribution in [2.45, 2.75) is 12.7 Å². The molecule has 0 unspecified atom stereocenters. The average molecular weight is 498 g/mol. The van der Waals surface area contributed by atoms with Gasteiger partial charge in [0, 0.05) is 38.3 Å². The molecule has 0 bridgehead atoms. The lowest BCUT2D eigenvalue weighted by atomic mass is 10.1. The summed E-state index contributed by atoms with van der Waals surface area (Å²) < 4.78 is 45.4. The molecule has 1 heterocycles. The molecule has 1 aliphatic rings. The van der Waals surface area contributed by atoms with Gasteiger partial charge in [0.05, 0.1) is 12.1 Å². The number of benzene rings is 3. The summed E-state index contributed by atoms with van der Waals surface area (Å²) in [7, 11) is 0. The molecule has 1 fully saturated rings. The van der Waals surface area contributed by atoms with Crippen LogP contribution in [0.15, 0.2) is 78.9 Å². The van der Waals surface area contributed by atoms with Crippen LogP contribution in [0.25, 0.3) is 0 Å². The molecule has 1 saturated heterocycles. The summed E-state index contributed by atoms with van der Waals surface area (Å²) in [5, 5.41) is 2.63. The SMILES string of the molecule is O=C(NCC(=O)N1CCN(Cc2ccccc2C(F)(F)F)CC1)c1ccc(Oc2ccccc2)cc1. The highest BCUT2D eigenvalue weighted by Gasteiger charge is 2.33. The monoisotopic (exact) mass is 497 g/mol. The first kappa shape index (κ1) is 25.2. The number of amides is 2. The van der Waals surface area contributed by atoms with Crippen molar-refractivity contribution < 1.29 is 27.5 Å². The second kappa shape index (κ2) is 11.3. The van der Waals surface area contributed by atoms with E-state index in [0.29, 0.717) is 43.2 Å². The molecular formula is C27H26F3N3O3. The molecule has 1 N–H and O–H groups in total. The third-order valence-corrected chi connectivity index (χ3v) is 5.94. The van der Waals surface area contributed by atoms with Gasteiger partial charge in [0.2, 0.25) is 5.91 Å². The number of alkyl halides is 3. The number of rotatable bonds is 7. The van der Waals surface area contributed by atoms with E-state index in [9.17, 15) is 22.8 Å². The largest absolute Gasteiger partial charge is 0.457 e. The standard InChI is InChI=1S/C27H26F3N3O3/c28-27(29,30)24-9-5-4-6-21(24)19-32-14-16-33(17-15-32)25(34)18-31-26(35)20-10-12-23(13-11-20)36-22-7-2-1-3-8-22/h1-13H,14-19H2,(H,31,35). The van der Waals surface area contributed by atoms with Crippen molar-refractivity contribution in [1.29, 1.82) is 0 Å². The van der Waals surface area contributed by atoms with Crippen LogP contribution >= 0.6 is 0 Å². The van der Waals surface area contributed by atoms with Crippen molar-refractivity contribution in [3.8, 4) is 11.5 Å². The number of hydrogen-bond donors (Lipinski definition) is 1. The molecule has 3 aromatic carbocycles. The Morgan fingerprint density at radius 1 is 0.806 bits per heavy atom. The van der Waals surface area contributed by atoms with Gasteiger partial charge < -0.3 is 15.0 Å². The summed E-state index contributed by atoms with van der Waals surface area (Å²) in [5.74, 6) is 0.661. The van der Waals surface area contributed by atoms with E-state index in [-0.39, 0.29) is 30.5 Å². The van der Waals surface area contributed by atoms with Crippen LogP contribution in [0.1, 0.15) is 21.5 Å². The van der Waals surface area contributed by atoms with Gasteiger partial charge in [0.1, 0.15) is 11.5 Å². The molecule has 3 aromatic rings. The highest BCUT2D eigenvalue weighted by molar-refractivity contribution is 5.96. The fourth-order valence-corrected chi connectivity index (χ4v) is 4.00. The van der Waals surface area contributed by atoms with Crippen molar-refractivity contribution in [2.75, 3.05) is 32.7 Å². The molecule has 9 heteroatoms. The van der Waals surface area contributed by atoms with Crippen molar-refractivity contribution in [2.24, 2.45) is 0 Å². The van der Waals surface area contributed by atoms with Crippen molar-refractivity contribution in [3.05, 3.63) is 95.6 Å². The lowest BCUT2D eigenvalue weighted by molar-refractivity contribution is -0.138. The van der Waals surface area contributed by atoms with Crippen LogP contribution in [0.4, 0.5) is 13.2 Å². The van der Waals surface area contributed by atoms with Gasteiger partial charge in [-0.15, -0.1) is 0 Å². The molecule has 0 radical (unpaired) electrons. The molecule has 0 atom stereocenters. The summed E-state index contributed by atoms with van der Waals surface area (Å²) in [4.78, 5) is 28.5. The predicted molar refractivity (Wildman–Crippen MR) is 129 cm³/mol. The smallest absolute Gasteiger partial charge is 0.416 e. The molecule has 2 amide bonds. The van der Waals surface area contributed by atoms with E-state index in [1.165, 1.54) is 12.1 Å². The Morgan fingerprint density at radius 2 is 1.42 bits per heavy atom. The highest BCUT2D eigenvalue weighted by Crippen LogP contribution is 2.32. The van der Waals surface area contributed by atoms with Crippen LogP contribution in [0.3, 0.4) is 0 Å². The van der Waals surface area contributed by atoms with E-state index in [4.69, 9.17) is 4.74 Å². The van der Waals surface area contributed by atoms with Gasteiger partial charge in [0.25, 0.3) is 5.91 Å². The number of nitrogens with zero attached hydrogens (tertiary/aromatic N) is 2. The maximum Gasteiger partial charge on any atom is 0.416 e. The Hall–Kier alpha value is -3.85. The van der Waals surface area contributed by atoms with E-state index in [1.807, 2.05) is 35.2 Å². The number of carbonyl (C=O) groups excluding carboxylic acids is 2. The van der Waals surface area contributed by atoms with E-state index >= 15 is 0 Å². The van der Waals surface area contributed by atoms with Gasteiger partial charge >= 0.3 is 6.18 Å². The Balaban J connectivity index is 1.23. The number of ether oxygens (including phenoxy) is 1. The lowest BCUT2D eigenvalue weighted by Crippen LogP contribution is -2.50. The minimum atomic E-state index is -4.40. The third-order valence-electron chi connectivity index (χ3n) is 5.94. The van der Waals surface area contributed by atoms with Crippen molar-refractivity contribution in [3.63, 3.8) is 0 Å². The molecular weight excluding hydrogens is 471 g/mol. The number of carbonyl (C=O) groups is 2. The Bertz CT molecular complexity index is 1180. The molecule has 0 aliphatic carbocycles. The zero-order valence-electron chi connectivity index (χ0n) is 19.5. The van der Waals surface area contributed by atoms with Gasteiger partial charge in [-0.1, -0.05) is 36.4 Å². The summed E-state index contributed by atoms with van der Waals surface area (Å²) in [5.41, 5.74) is -0.0144. The highest BCUT2D eigenvalue weighted by atomic mass is 19.4. The number of halogens is 3. The number of hydrogen-bond acceptors (Lipinski definition) is 4. The normalized spacial score (nSPS) is 14.4. The minimum absolute atomic E-state index is 0.155. The Labute approximate surface area is 207 Å². The van der Waals surface area contributed by atoms with Crippen LogP contribution in [0.2, 0.25) is 0 Å². The van der Waals surface area contributed by atoms with E-state index in [2.05, 4.69) is 5.32 Å². The van der Waals surface area contributed by atoms with E-state index < -0.39 is 11.7 Å². The molecule has 4 rings (SSSR count). The summed E-state index contributed by atoms with van der Waals surface area (Å²) in [6, 6.07) is 21.4. The number of para-hydroxylation sites is 1. The van der Waals surface area contributed by atoms with Gasteiger partial charge in [-0.05, 0) is 48.0 Å². The molecule has 0 spiro atoms. The molecule has 6 nitrogen and oxygen atoms in total. The number of piperazine rings is 1. The second-order valence-corrected chi connectivity index (χ2v) is 8.43. The summed E-state index contributed by atoms with van der Waals surface area (Å²) >= 11 is 0. The topological polar surface area (TPSA) is 61.9 Å². The Kier molecular flexibility index (Phi) is 7.90. The second-order valence-electron chi connectivity index (χ2n) is 8.43. The maximum absolute atomic E-state index is 13.2. The van der Waals surface area contributed by atoms with Crippen LogP contribution in [0, 0.1) is 0 Å². The molecule has 36 heavy (non-hydrogen) atoms. The van der Waals surface area contributed by atoms with Crippen molar-refractivity contribution >= 4 is 11.8 Å². The summed E-state index contributed by atoms with van der Waals surface area (Å²) in [6.07, 6.45) is -4.40. The van der Waals surface area contributed by atoms with Crippen LogP contribution in [-0.4, -0.2) is 54.3 Å². The fraction of sp³-hybridized carbons (Fsp3) is 0.259. The van der Waals surface area contributed by atoms with Gasteiger partial charge in [-0.2, -0.15) is 13.2 Å². The molecule has 0 aromatic heterocycles. The van der Waals surface area contributed by atoms with Crippen LogP contribution in [0.5, 0.6) is 11.5 Å². The quantitative estimate of drug-likeness (QED) is 0.520. The van der Waals surface area contributed by atoms with Gasteiger partial charge in [-0.25, -0.2) is 0 Å². The maximum atomic E-state index is 13.2. The first-order valence-corrected chi connectivity index (χ1v) is 11.6. The Morgan fingerprint density at radius 3 is 2.08 bits per heavy atom. The first-order valence-electron chi connectivity index (χ1n) is 11.6. The molecule has 188 valence electrons. The van der Waals surface area contributed by atoms with Crippen LogP contribution in [-0.2, 0) is 17.5 Å². The molecule has 1 aliphatic heterocycles. The predicted octanol–water partition coefficient (Wildman–Crippen LogP) is 4.57. The first-order chi connectivity index (χ1) is 17.3. The molecule has 0 saturated carbocycles. The summed E-state index contributed by atoms with van der Waals surface area (Å²) in [6.45, 7) is 1.68. The average Bonchev–Trinajstić information content (AvgIpc) is 2.88. The van der Waals surface area contributed by atoms with Crippen molar-refractivity contribution in [1.82, 2.24) is 15.1 Å². The fourth-order valence-electron chi connectivity index (χ4n) is 4.00. The van der Waals surface area contributed by atoms with E-state index in [0.717, 1.165) is 6.07 Å². The lowest BCUT2D eigenvalue weighted by Gasteiger charge is -2.35. The van der Waals surface area contributed by atoms with E-state index in [1.54, 1.807) is 35.2 Å². The zero-order chi connectivity index (χ0) is 25.5. The number of nitrogens with one attached hydrogen (secondary N) is 1. The third kappa shape index (κ3) is 6.63. The minimum Gasteiger partial charge on any atom is -0.457 e. The van der Waals surface area contributed by atoms with Crippen LogP contribution < -0.4 is 10.1 Å². The van der Waals surface area contributed by atoms with Gasteiger partial charge in [-0.3, -0.25) is 14.5 Å². The zero-order valence-corrected chi connectivity index (χ0v) is 19.5. The van der Waals surface area contributed by atoms with Gasteiger partial charge in [0.15, 0.2) is 0 Å².